The molecule has 7 aromatic carbocycles. The first-order valence-corrected chi connectivity index (χ1v) is 18.9. The van der Waals surface area contributed by atoms with Crippen molar-refractivity contribution in [1.82, 2.24) is 19.6 Å². The average Bonchev–Trinajstić information content (AvgIpc) is 4.01. The molecule has 0 aliphatic carbocycles. The zero-order chi connectivity index (χ0) is 34.2. The maximum absolute atomic E-state index is 5.20. The summed E-state index contributed by atoms with van der Waals surface area (Å²) in [7, 11) is 0. The maximum atomic E-state index is 5.20. The SMILES string of the molecule is c1ccc(-c2c(-c3cccc4ccccc34)c(-c3cc4ccccc4s3)c(-c3cc4ccccc4[nH]3)c3[nH]nc(-c4nsc5ccccc45)c23)cc1. The lowest BCUT2D eigenvalue weighted by Crippen LogP contribution is -1.97. The molecule has 0 aliphatic rings. The summed E-state index contributed by atoms with van der Waals surface area (Å²) in [5.74, 6) is 0. The van der Waals surface area contributed by atoms with Gasteiger partial charge >= 0.3 is 0 Å². The van der Waals surface area contributed by atoms with Crippen LogP contribution in [0.1, 0.15) is 0 Å². The van der Waals surface area contributed by atoms with Crippen molar-refractivity contribution in [2.24, 2.45) is 0 Å². The smallest absolute Gasteiger partial charge is 0.121 e. The Morgan fingerprint density at radius 2 is 1.21 bits per heavy atom. The number of H-pyrrole nitrogens is 2. The van der Waals surface area contributed by atoms with Crippen molar-refractivity contribution in [2.75, 3.05) is 0 Å². The van der Waals surface area contributed by atoms with Gasteiger partial charge in [-0.2, -0.15) is 9.47 Å². The monoisotopic (exact) mass is 700 g/mol. The normalized spacial score (nSPS) is 11.8. The minimum absolute atomic E-state index is 0.855. The molecule has 2 N–H and O–H groups in total. The molecule has 11 aromatic rings. The second-order valence-electron chi connectivity index (χ2n) is 13.2. The molecule has 11 rings (SSSR count). The number of nitrogens with zero attached hydrogens (tertiary/aromatic N) is 2. The summed E-state index contributed by atoms with van der Waals surface area (Å²) in [6, 6.07) is 56.6. The minimum Gasteiger partial charge on any atom is -0.354 e. The maximum Gasteiger partial charge on any atom is 0.121 e. The first-order chi connectivity index (χ1) is 25.8. The summed E-state index contributed by atoms with van der Waals surface area (Å²) < 4.78 is 7.47. The van der Waals surface area contributed by atoms with Gasteiger partial charge in [-0.1, -0.05) is 127 Å². The van der Waals surface area contributed by atoms with Crippen LogP contribution >= 0.6 is 22.9 Å². The molecule has 52 heavy (non-hydrogen) atoms. The van der Waals surface area contributed by atoms with Gasteiger partial charge in [0, 0.05) is 59.2 Å². The fourth-order valence-electron chi connectivity index (χ4n) is 7.93. The fourth-order valence-corrected chi connectivity index (χ4v) is 9.83. The molecule has 0 aliphatic heterocycles. The van der Waals surface area contributed by atoms with E-state index in [-0.39, 0.29) is 0 Å². The Morgan fingerprint density at radius 1 is 0.500 bits per heavy atom. The predicted octanol–water partition coefficient (Wildman–Crippen LogP) is 13.4. The number of aromatic amines is 2. The number of thiophene rings is 1. The Balaban J connectivity index is 1.41. The van der Waals surface area contributed by atoms with Crippen LogP contribution in [0, 0.1) is 0 Å². The summed E-state index contributed by atoms with van der Waals surface area (Å²) in [4.78, 5) is 5.04. The number of rotatable bonds is 5. The Morgan fingerprint density at radius 3 is 2.06 bits per heavy atom. The van der Waals surface area contributed by atoms with Crippen LogP contribution in [0.5, 0.6) is 0 Å². The van der Waals surface area contributed by atoms with Crippen LogP contribution < -0.4 is 0 Å². The number of fused-ring (bicyclic) bond motifs is 5. The molecule has 0 unspecified atom stereocenters. The number of para-hydroxylation sites is 1. The molecular weight excluding hydrogens is 673 g/mol. The molecule has 6 heteroatoms. The Bertz CT molecular complexity index is 3070. The Labute approximate surface area is 306 Å². The van der Waals surface area contributed by atoms with Gasteiger partial charge in [0.2, 0.25) is 0 Å². The molecule has 0 saturated carbocycles. The topological polar surface area (TPSA) is 57.4 Å². The lowest BCUT2D eigenvalue weighted by atomic mass is 9.81. The van der Waals surface area contributed by atoms with Crippen LogP contribution in [-0.2, 0) is 0 Å². The molecule has 0 saturated heterocycles. The summed E-state index contributed by atoms with van der Waals surface area (Å²) in [5, 5.41) is 15.8. The number of nitrogens with one attached hydrogen (secondary N) is 2. The molecule has 0 spiro atoms. The Kier molecular flexibility index (Phi) is 6.56. The van der Waals surface area contributed by atoms with Gasteiger partial charge in [0.1, 0.15) is 11.4 Å². The summed E-state index contributed by atoms with van der Waals surface area (Å²) in [6.07, 6.45) is 0. The lowest BCUT2D eigenvalue weighted by molar-refractivity contribution is 1.12. The van der Waals surface area contributed by atoms with Crippen molar-refractivity contribution in [1.29, 1.82) is 0 Å². The second-order valence-corrected chi connectivity index (χ2v) is 15.0. The summed E-state index contributed by atoms with van der Waals surface area (Å²) >= 11 is 3.36. The highest BCUT2D eigenvalue weighted by Gasteiger charge is 2.30. The lowest BCUT2D eigenvalue weighted by Gasteiger charge is -2.22. The largest absolute Gasteiger partial charge is 0.354 e. The standard InChI is InChI=1S/C46H28N4S2/c1-2-14-28(15-3-1)39-40(32-21-12-18-27-13-4-7-19-31(27)32)42(38-26-30-17-6-10-23-36(30)51-38)41(35-25-29-16-5-9-22-34(29)47-35)45-43(39)46(49-48-45)44-33-20-8-11-24-37(33)52-50-44/h1-26,47H,(H,48,49). The van der Waals surface area contributed by atoms with E-state index >= 15 is 0 Å². The highest BCUT2D eigenvalue weighted by molar-refractivity contribution is 7.22. The highest BCUT2D eigenvalue weighted by Crippen LogP contribution is 2.55. The van der Waals surface area contributed by atoms with E-state index in [1.54, 1.807) is 0 Å². The first-order valence-electron chi connectivity index (χ1n) is 17.3. The van der Waals surface area contributed by atoms with Gasteiger partial charge in [0.25, 0.3) is 0 Å². The number of aromatic nitrogens is 4. The molecule has 4 heterocycles. The third-order valence-electron chi connectivity index (χ3n) is 10.2. The average molecular weight is 701 g/mol. The van der Waals surface area contributed by atoms with Gasteiger partial charge < -0.3 is 4.98 Å². The molecule has 4 nitrogen and oxygen atoms in total. The first kappa shape index (κ1) is 29.4. The fraction of sp³-hybridized carbons (Fsp3) is 0. The van der Waals surface area contributed by atoms with Crippen molar-refractivity contribution >= 4 is 75.6 Å². The third-order valence-corrected chi connectivity index (χ3v) is 12.2. The van der Waals surface area contributed by atoms with E-state index in [0.717, 1.165) is 65.7 Å². The number of hydrogen-bond donors (Lipinski definition) is 2. The summed E-state index contributed by atoms with van der Waals surface area (Å²) in [6.45, 7) is 0. The van der Waals surface area contributed by atoms with Crippen molar-refractivity contribution in [3.05, 3.63) is 158 Å². The van der Waals surface area contributed by atoms with Gasteiger partial charge in [0.05, 0.1) is 10.2 Å². The zero-order valence-corrected chi connectivity index (χ0v) is 29.4. The number of benzene rings is 7. The van der Waals surface area contributed by atoms with Gasteiger partial charge in [-0.3, -0.25) is 5.10 Å². The quantitative estimate of drug-likeness (QED) is 0.188. The van der Waals surface area contributed by atoms with Gasteiger partial charge in [-0.25, -0.2) is 0 Å². The van der Waals surface area contributed by atoms with Crippen LogP contribution in [0.4, 0.5) is 0 Å². The zero-order valence-electron chi connectivity index (χ0n) is 27.7. The van der Waals surface area contributed by atoms with Crippen LogP contribution in [0.25, 0.3) is 108 Å². The van der Waals surface area contributed by atoms with Crippen molar-refractivity contribution in [3.8, 4) is 55.3 Å². The predicted molar refractivity (Wildman–Crippen MR) is 221 cm³/mol. The number of hydrogen-bond acceptors (Lipinski definition) is 4. The van der Waals surface area contributed by atoms with Crippen molar-refractivity contribution < 1.29 is 0 Å². The molecule has 0 bridgehead atoms. The summed E-state index contributed by atoms with van der Waals surface area (Å²) in [5.41, 5.74) is 11.8. The van der Waals surface area contributed by atoms with E-state index in [2.05, 4.69) is 168 Å². The van der Waals surface area contributed by atoms with Crippen molar-refractivity contribution in [2.45, 2.75) is 0 Å². The molecule has 4 aromatic heterocycles. The van der Waals surface area contributed by atoms with Crippen LogP contribution in [0.3, 0.4) is 0 Å². The van der Waals surface area contributed by atoms with Gasteiger partial charge in [-0.05, 0) is 69.1 Å². The van der Waals surface area contributed by atoms with E-state index in [9.17, 15) is 0 Å². The minimum atomic E-state index is 0.855. The molecule has 0 atom stereocenters. The molecule has 0 amide bonds. The molecular formula is C46H28N4S2. The van der Waals surface area contributed by atoms with E-state index in [4.69, 9.17) is 9.47 Å². The van der Waals surface area contributed by atoms with Crippen LogP contribution in [0.2, 0.25) is 0 Å². The second kappa shape index (κ2) is 11.6. The van der Waals surface area contributed by atoms with E-state index in [1.807, 2.05) is 11.3 Å². The molecule has 0 fully saturated rings. The van der Waals surface area contributed by atoms with E-state index in [1.165, 1.54) is 54.0 Å². The van der Waals surface area contributed by atoms with Crippen molar-refractivity contribution in [3.63, 3.8) is 0 Å². The highest BCUT2D eigenvalue weighted by atomic mass is 32.1. The van der Waals surface area contributed by atoms with E-state index in [0.29, 0.717) is 0 Å². The van der Waals surface area contributed by atoms with Crippen LogP contribution in [-0.4, -0.2) is 19.6 Å². The Hall–Kier alpha value is -6.34. The van der Waals surface area contributed by atoms with Crippen LogP contribution in [0.15, 0.2) is 158 Å². The van der Waals surface area contributed by atoms with Gasteiger partial charge in [-0.15, -0.1) is 11.3 Å². The molecule has 244 valence electrons. The molecule has 0 radical (unpaired) electrons. The van der Waals surface area contributed by atoms with Gasteiger partial charge in [0.15, 0.2) is 0 Å². The third kappa shape index (κ3) is 4.45. The van der Waals surface area contributed by atoms with E-state index < -0.39 is 0 Å².